The summed E-state index contributed by atoms with van der Waals surface area (Å²) in [6.45, 7) is 3.88. The van der Waals surface area contributed by atoms with Gasteiger partial charge in [-0.2, -0.15) is 0 Å². The summed E-state index contributed by atoms with van der Waals surface area (Å²) in [5, 5.41) is 12.9. The monoisotopic (exact) mass is 355 g/mol. The van der Waals surface area contributed by atoms with Crippen molar-refractivity contribution in [3.63, 3.8) is 0 Å². The van der Waals surface area contributed by atoms with Gasteiger partial charge in [0, 0.05) is 0 Å². The number of aromatic carboxylic acids is 1. The van der Waals surface area contributed by atoms with Crippen LogP contribution >= 0.6 is 15.9 Å². The van der Waals surface area contributed by atoms with Crippen LogP contribution < -0.4 is 9.47 Å². The van der Waals surface area contributed by atoms with Gasteiger partial charge in [0.25, 0.3) is 0 Å². The molecule has 0 bridgehead atoms. The van der Waals surface area contributed by atoms with Crippen LogP contribution in [-0.4, -0.2) is 23.3 Å². The van der Waals surface area contributed by atoms with E-state index in [1.54, 1.807) is 6.92 Å². The van der Waals surface area contributed by atoms with E-state index in [0.29, 0.717) is 21.7 Å². The number of methoxy groups -OCH3 is 1. The van der Waals surface area contributed by atoms with Crippen molar-refractivity contribution >= 4 is 21.9 Å². The van der Waals surface area contributed by atoms with E-state index >= 15 is 0 Å². The lowest BCUT2D eigenvalue weighted by Gasteiger charge is -2.13. The summed E-state index contributed by atoms with van der Waals surface area (Å²) in [5.74, 6) is 0.423. The minimum absolute atomic E-state index is 0.114. The predicted octanol–water partition coefficient (Wildman–Crippen LogP) is 3.34. The van der Waals surface area contributed by atoms with Crippen molar-refractivity contribution in [2.24, 2.45) is 0 Å². The fourth-order valence-electron chi connectivity index (χ4n) is 1.84. The zero-order valence-electron chi connectivity index (χ0n) is 11.8. The van der Waals surface area contributed by atoms with Gasteiger partial charge in [-0.15, -0.1) is 0 Å². The van der Waals surface area contributed by atoms with Crippen LogP contribution in [0, 0.1) is 13.8 Å². The summed E-state index contributed by atoms with van der Waals surface area (Å²) in [6.07, 6.45) is 0. The van der Waals surface area contributed by atoms with Gasteiger partial charge in [0.2, 0.25) is 0 Å². The first kappa shape index (κ1) is 15.4. The molecule has 0 unspecified atom stereocenters. The van der Waals surface area contributed by atoms with E-state index in [2.05, 4.69) is 21.1 Å². The molecule has 6 nitrogen and oxygen atoms in total. The standard InChI is InChI=1S/C14H14BrNO5/c1-7-10(8(2)21-16-7)6-20-13-11(15)4-9(14(17)18)5-12(13)19-3/h4-5H,6H2,1-3H3,(H,17,18). The number of carboxylic acids is 1. The molecular weight excluding hydrogens is 342 g/mol. The minimum atomic E-state index is -1.04. The van der Waals surface area contributed by atoms with Crippen LogP contribution in [0.2, 0.25) is 0 Å². The molecule has 0 spiro atoms. The van der Waals surface area contributed by atoms with Crippen LogP contribution in [0.5, 0.6) is 11.5 Å². The molecule has 0 aliphatic carbocycles. The van der Waals surface area contributed by atoms with Gasteiger partial charge in [-0.3, -0.25) is 0 Å². The highest BCUT2D eigenvalue weighted by Gasteiger charge is 2.17. The Bertz CT molecular complexity index is 661. The number of nitrogens with zero attached hydrogens (tertiary/aromatic N) is 1. The molecule has 2 rings (SSSR count). The Morgan fingerprint density at radius 2 is 2.14 bits per heavy atom. The maximum atomic E-state index is 11.0. The first-order chi connectivity index (χ1) is 9.93. The summed E-state index contributed by atoms with van der Waals surface area (Å²) >= 11 is 3.30. The third-order valence-corrected chi connectivity index (χ3v) is 3.61. The smallest absolute Gasteiger partial charge is 0.335 e. The Balaban J connectivity index is 2.30. The number of ether oxygens (including phenoxy) is 2. The molecule has 0 aliphatic heterocycles. The molecule has 1 N–H and O–H groups in total. The van der Waals surface area contributed by atoms with Gasteiger partial charge in [-0.1, -0.05) is 5.16 Å². The van der Waals surface area contributed by atoms with Gasteiger partial charge in [-0.25, -0.2) is 4.79 Å². The molecule has 1 aromatic heterocycles. The van der Waals surface area contributed by atoms with E-state index in [1.165, 1.54) is 19.2 Å². The fraction of sp³-hybridized carbons (Fsp3) is 0.286. The molecule has 0 saturated carbocycles. The van der Waals surface area contributed by atoms with Crippen molar-refractivity contribution in [2.45, 2.75) is 20.5 Å². The number of carbonyl (C=O) groups is 1. The number of halogens is 1. The molecule has 0 radical (unpaired) electrons. The maximum absolute atomic E-state index is 11.0. The lowest BCUT2D eigenvalue weighted by Crippen LogP contribution is -2.03. The molecule has 0 atom stereocenters. The highest BCUT2D eigenvalue weighted by molar-refractivity contribution is 9.10. The van der Waals surface area contributed by atoms with E-state index < -0.39 is 5.97 Å². The average molecular weight is 356 g/mol. The van der Waals surface area contributed by atoms with Crippen LogP contribution in [0.4, 0.5) is 0 Å². The quantitative estimate of drug-likeness (QED) is 0.885. The number of hydrogen-bond donors (Lipinski definition) is 1. The summed E-state index contributed by atoms with van der Waals surface area (Å²) in [7, 11) is 1.45. The topological polar surface area (TPSA) is 81.8 Å². The van der Waals surface area contributed by atoms with Crippen molar-refractivity contribution < 1.29 is 23.9 Å². The fourth-order valence-corrected chi connectivity index (χ4v) is 2.39. The van der Waals surface area contributed by atoms with Gasteiger partial charge in [0.05, 0.1) is 28.4 Å². The number of aromatic nitrogens is 1. The van der Waals surface area contributed by atoms with Crippen molar-refractivity contribution in [1.29, 1.82) is 0 Å². The largest absolute Gasteiger partial charge is 0.493 e. The second-order valence-corrected chi connectivity index (χ2v) is 5.24. The average Bonchev–Trinajstić information content (AvgIpc) is 2.76. The van der Waals surface area contributed by atoms with Crippen LogP contribution in [0.15, 0.2) is 21.1 Å². The van der Waals surface area contributed by atoms with Gasteiger partial charge in [0.1, 0.15) is 12.4 Å². The van der Waals surface area contributed by atoms with Crippen LogP contribution in [-0.2, 0) is 6.61 Å². The normalized spacial score (nSPS) is 10.5. The van der Waals surface area contributed by atoms with Crippen molar-refractivity contribution in [2.75, 3.05) is 7.11 Å². The van der Waals surface area contributed by atoms with Gasteiger partial charge in [0.15, 0.2) is 11.5 Å². The van der Waals surface area contributed by atoms with Crippen molar-refractivity contribution in [3.05, 3.63) is 39.2 Å². The van der Waals surface area contributed by atoms with Crippen LogP contribution in [0.1, 0.15) is 27.4 Å². The Labute approximate surface area is 129 Å². The number of carboxylic acid groups (broad SMARTS) is 1. The Kier molecular flexibility index (Phi) is 4.52. The zero-order valence-corrected chi connectivity index (χ0v) is 13.4. The number of rotatable bonds is 5. The third kappa shape index (κ3) is 3.18. The summed E-state index contributed by atoms with van der Waals surface area (Å²) < 4.78 is 16.5. The minimum Gasteiger partial charge on any atom is -0.493 e. The van der Waals surface area contributed by atoms with Gasteiger partial charge >= 0.3 is 5.97 Å². The molecule has 0 aliphatic rings. The van der Waals surface area contributed by atoms with Crippen molar-refractivity contribution in [3.8, 4) is 11.5 Å². The van der Waals surface area contributed by atoms with Crippen molar-refractivity contribution in [1.82, 2.24) is 5.16 Å². The molecule has 1 heterocycles. The molecule has 1 aromatic carbocycles. The second-order valence-electron chi connectivity index (χ2n) is 4.39. The first-order valence-corrected chi connectivity index (χ1v) is 6.88. The number of benzene rings is 1. The molecule has 21 heavy (non-hydrogen) atoms. The SMILES string of the molecule is COc1cc(C(=O)O)cc(Br)c1OCc1c(C)noc1C. The Hall–Kier alpha value is -2.02. The maximum Gasteiger partial charge on any atom is 0.335 e. The molecule has 112 valence electrons. The Morgan fingerprint density at radius 3 is 2.67 bits per heavy atom. The molecular formula is C14H14BrNO5. The third-order valence-electron chi connectivity index (χ3n) is 3.02. The second kappa shape index (κ2) is 6.17. The number of aryl methyl sites for hydroxylation is 2. The summed E-state index contributed by atoms with van der Waals surface area (Å²) in [4.78, 5) is 11.0. The first-order valence-electron chi connectivity index (χ1n) is 6.09. The lowest BCUT2D eigenvalue weighted by atomic mass is 10.2. The lowest BCUT2D eigenvalue weighted by molar-refractivity contribution is 0.0696. The van der Waals surface area contributed by atoms with E-state index in [9.17, 15) is 4.79 Å². The van der Waals surface area contributed by atoms with E-state index in [4.69, 9.17) is 19.1 Å². The molecule has 0 fully saturated rings. The van der Waals surface area contributed by atoms with Crippen LogP contribution in [0.3, 0.4) is 0 Å². The van der Waals surface area contributed by atoms with Gasteiger partial charge in [-0.05, 0) is 41.9 Å². The highest BCUT2D eigenvalue weighted by atomic mass is 79.9. The summed E-state index contributed by atoms with van der Waals surface area (Å²) in [6, 6.07) is 2.88. The molecule has 0 amide bonds. The van der Waals surface area contributed by atoms with E-state index in [0.717, 1.165) is 11.3 Å². The van der Waals surface area contributed by atoms with E-state index in [-0.39, 0.29) is 12.2 Å². The van der Waals surface area contributed by atoms with Crippen LogP contribution in [0.25, 0.3) is 0 Å². The highest BCUT2D eigenvalue weighted by Crippen LogP contribution is 2.37. The zero-order chi connectivity index (χ0) is 15.6. The predicted molar refractivity (Wildman–Crippen MR) is 78.0 cm³/mol. The van der Waals surface area contributed by atoms with E-state index in [1.807, 2.05) is 6.92 Å². The molecule has 2 aromatic rings. The van der Waals surface area contributed by atoms with Gasteiger partial charge < -0.3 is 19.1 Å². The summed E-state index contributed by atoms with van der Waals surface area (Å²) in [5.41, 5.74) is 1.72. The Morgan fingerprint density at radius 1 is 1.43 bits per heavy atom. The molecule has 7 heteroatoms. The molecule has 0 saturated heterocycles. The number of hydrogen-bond acceptors (Lipinski definition) is 5.